The van der Waals surface area contributed by atoms with Gasteiger partial charge in [-0.05, 0) is 54.9 Å². The minimum atomic E-state index is 0.104. The molecule has 2 aromatic rings. The van der Waals surface area contributed by atoms with Crippen molar-refractivity contribution in [2.75, 3.05) is 14.2 Å². The normalized spacial score (nSPS) is 12.2. The molecule has 2 rings (SSSR count). The van der Waals surface area contributed by atoms with Crippen LogP contribution in [0.4, 0.5) is 0 Å². The Hall–Kier alpha value is -1.03. The zero-order chi connectivity index (χ0) is 14.7. The number of benzene rings is 2. The van der Waals surface area contributed by atoms with E-state index in [0.29, 0.717) is 0 Å². The van der Waals surface area contributed by atoms with Crippen molar-refractivity contribution < 1.29 is 4.74 Å². The van der Waals surface area contributed by atoms with Crippen molar-refractivity contribution >= 4 is 27.5 Å². The molecule has 106 valence electrons. The van der Waals surface area contributed by atoms with E-state index < -0.39 is 0 Å². The second-order valence-electron chi connectivity index (χ2n) is 4.61. The molecule has 0 amide bonds. The summed E-state index contributed by atoms with van der Waals surface area (Å²) in [5.74, 6) is 0.872. The Morgan fingerprint density at radius 3 is 2.40 bits per heavy atom. The van der Waals surface area contributed by atoms with Gasteiger partial charge in [0.05, 0.1) is 13.2 Å². The third kappa shape index (κ3) is 3.17. The molecule has 2 aromatic carbocycles. The Morgan fingerprint density at radius 2 is 1.85 bits per heavy atom. The summed E-state index contributed by atoms with van der Waals surface area (Å²) in [6.45, 7) is 2.09. The van der Waals surface area contributed by atoms with Crippen LogP contribution in [0.3, 0.4) is 0 Å². The van der Waals surface area contributed by atoms with E-state index in [1.807, 2.05) is 37.4 Å². The summed E-state index contributed by atoms with van der Waals surface area (Å²) < 4.78 is 6.26. The lowest BCUT2D eigenvalue weighted by molar-refractivity contribution is 0.414. The van der Waals surface area contributed by atoms with Crippen LogP contribution in [0.25, 0.3) is 0 Å². The molecule has 0 fully saturated rings. The highest BCUT2D eigenvalue weighted by molar-refractivity contribution is 9.10. The highest BCUT2D eigenvalue weighted by Crippen LogP contribution is 2.33. The molecule has 4 heteroatoms. The number of hydrogen-bond donors (Lipinski definition) is 1. The average Bonchev–Trinajstić information content (AvgIpc) is 2.43. The number of aryl methyl sites for hydroxylation is 1. The van der Waals surface area contributed by atoms with Gasteiger partial charge >= 0.3 is 0 Å². The Bertz CT molecular complexity index is 615. The first-order valence-corrected chi connectivity index (χ1v) is 7.50. The molecule has 20 heavy (non-hydrogen) atoms. The average molecular weight is 355 g/mol. The third-order valence-corrected chi connectivity index (χ3v) is 4.27. The van der Waals surface area contributed by atoms with E-state index >= 15 is 0 Å². The predicted molar refractivity (Wildman–Crippen MR) is 87.8 cm³/mol. The fraction of sp³-hybridized carbons (Fsp3) is 0.250. The van der Waals surface area contributed by atoms with Gasteiger partial charge in [0.1, 0.15) is 5.75 Å². The van der Waals surface area contributed by atoms with E-state index in [9.17, 15) is 0 Å². The van der Waals surface area contributed by atoms with Crippen molar-refractivity contribution in [3.8, 4) is 5.75 Å². The number of halogens is 2. The summed E-state index contributed by atoms with van der Waals surface area (Å²) in [6.07, 6.45) is 0. The molecule has 0 saturated heterocycles. The van der Waals surface area contributed by atoms with Crippen molar-refractivity contribution in [3.05, 3.63) is 62.6 Å². The molecule has 0 radical (unpaired) electrons. The van der Waals surface area contributed by atoms with Crippen LogP contribution in [0.2, 0.25) is 5.02 Å². The highest BCUT2D eigenvalue weighted by Gasteiger charge is 2.17. The largest absolute Gasteiger partial charge is 0.497 e. The van der Waals surface area contributed by atoms with E-state index in [0.717, 1.165) is 20.8 Å². The van der Waals surface area contributed by atoms with Crippen LogP contribution >= 0.6 is 27.5 Å². The maximum atomic E-state index is 6.01. The highest BCUT2D eigenvalue weighted by atomic mass is 79.9. The van der Waals surface area contributed by atoms with Gasteiger partial charge in [-0.15, -0.1) is 0 Å². The number of rotatable bonds is 4. The van der Waals surface area contributed by atoms with Crippen molar-refractivity contribution in [2.45, 2.75) is 13.0 Å². The molecule has 0 aliphatic carbocycles. The zero-order valence-electron chi connectivity index (χ0n) is 11.7. The lowest BCUT2D eigenvalue weighted by Gasteiger charge is -2.21. The molecule has 0 bridgehead atoms. The van der Waals surface area contributed by atoms with E-state index in [1.165, 1.54) is 11.1 Å². The second kappa shape index (κ2) is 6.61. The summed E-state index contributed by atoms with van der Waals surface area (Å²) in [6, 6.07) is 12.1. The van der Waals surface area contributed by atoms with Gasteiger partial charge in [0.15, 0.2) is 0 Å². The van der Waals surface area contributed by atoms with Gasteiger partial charge in [0.2, 0.25) is 0 Å². The summed E-state index contributed by atoms with van der Waals surface area (Å²) in [7, 11) is 3.63. The molecular weight excluding hydrogens is 338 g/mol. The number of methoxy groups -OCH3 is 1. The van der Waals surface area contributed by atoms with Crippen molar-refractivity contribution in [1.82, 2.24) is 5.32 Å². The summed E-state index contributed by atoms with van der Waals surface area (Å²) in [4.78, 5) is 0. The standard InChI is InChI=1S/C16H17BrClNO/c1-10-8-12(20-3)5-7-13(10)16(19-2)14-6-4-11(18)9-15(14)17/h4-9,16,19H,1-3H3. The van der Waals surface area contributed by atoms with Crippen LogP contribution in [0.15, 0.2) is 40.9 Å². The fourth-order valence-electron chi connectivity index (χ4n) is 2.31. The topological polar surface area (TPSA) is 21.3 Å². The summed E-state index contributed by atoms with van der Waals surface area (Å²) >= 11 is 9.60. The van der Waals surface area contributed by atoms with E-state index in [4.69, 9.17) is 16.3 Å². The van der Waals surface area contributed by atoms with Gasteiger partial charge in [0.25, 0.3) is 0 Å². The first-order valence-electron chi connectivity index (χ1n) is 6.33. The molecule has 1 N–H and O–H groups in total. The van der Waals surface area contributed by atoms with Crippen molar-refractivity contribution in [1.29, 1.82) is 0 Å². The zero-order valence-corrected chi connectivity index (χ0v) is 14.0. The first-order chi connectivity index (χ1) is 9.56. The van der Waals surface area contributed by atoms with Gasteiger partial charge in [-0.2, -0.15) is 0 Å². The lowest BCUT2D eigenvalue weighted by atomic mass is 9.95. The van der Waals surface area contributed by atoms with Crippen LogP contribution in [-0.4, -0.2) is 14.2 Å². The van der Waals surface area contributed by atoms with Crippen molar-refractivity contribution in [2.24, 2.45) is 0 Å². The number of ether oxygens (including phenoxy) is 1. The van der Waals surface area contributed by atoms with E-state index in [-0.39, 0.29) is 6.04 Å². The molecule has 1 unspecified atom stereocenters. The predicted octanol–water partition coefficient (Wildman–Crippen LogP) is 4.73. The number of hydrogen-bond acceptors (Lipinski definition) is 2. The molecule has 0 heterocycles. The Labute approximate surface area is 133 Å². The van der Waals surface area contributed by atoms with Crippen LogP contribution in [0.1, 0.15) is 22.7 Å². The van der Waals surface area contributed by atoms with Gasteiger partial charge in [-0.3, -0.25) is 0 Å². The Morgan fingerprint density at radius 1 is 1.15 bits per heavy atom. The number of nitrogens with one attached hydrogen (secondary N) is 1. The van der Waals surface area contributed by atoms with Gasteiger partial charge < -0.3 is 10.1 Å². The lowest BCUT2D eigenvalue weighted by Crippen LogP contribution is -2.19. The molecule has 0 aliphatic rings. The fourth-order valence-corrected chi connectivity index (χ4v) is 3.22. The summed E-state index contributed by atoms with van der Waals surface area (Å²) in [5.41, 5.74) is 3.56. The quantitative estimate of drug-likeness (QED) is 0.857. The monoisotopic (exact) mass is 353 g/mol. The maximum absolute atomic E-state index is 6.01. The minimum Gasteiger partial charge on any atom is -0.497 e. The Kier molecular flexibility index (Phi) is 5.08. The van der Waals surface area contributed by atoms with E-state index in [2.05, 4.69) is 34.2 Å². The molecule has 2 nitrogen and oxygen atoms in total. The van der Waals surface area contributed by atoms with Gasteiger partial charge in [0, 0.05) is 9.50 Å². The second-order valence-corrected chi connectivity index (χ2v) is 5.90. The molecule has 0 spiro atoms. The van der Waals surface area contributed by atoms with Crippen LogP contribution in [0, 0.1) is 6.92 Å². The SMILES string of the molecule is CNC(c1ccc(OC)cc1C)c1ccc(Cl)cc1Br. The van der Waals surface area contributed by atoms with Crippen LogP contribution in [0.5, 0.6) is 5.75 Å². The summed E-state index contributed by atoms with van der Waals surface area (Å²) in [5, 5.41) is 4.08. The van der Waals surface area contributed by atoms with E-state index in [1.54, 1.807) is 7.11 Å². The first kappa shape index (κ1) is 15.4. The molecule has 0 saturated carbocycles. The smallest absolute Gasteiger partial charge is 0.119 e. The minimum absolute atomic E-state index is 0.104. The third-order valence-electron chi connectivity index (χ3n) is 3.35. The van der Waals surface area contributed by atoms with Crippen molar-refractivity contribution in [3.63, 3.8) is 0 Å². The molecule has 0 aliphatic heterocycles. The van der Waals surface area contributed by atoms with Crippen LogP contribution in [-0.2, 0) is 0 Å². The molecule has 1 atom stereocenters. The van der Waals surface area contributed by atoms with Crippen LogP contribution < -0.4 is 10.1 Å². The maximum Gasteiger partial charge on any atom is 0.119 e. The Balaban J connectivity index is 2.47. The van der Waals surface area contributed by atoms with Gasteiger partial charge in [-0.25, -0.2) is 0 Å². The molecule has 0 aromatic heterocycles. The molecular formula is C16H17BrClNO. The van der Waals surface area contributed by atoms with Gasteiger partial charge in [-0.1, -0.05) is 39.7 Å².